The number of hydrogen-bond donors (Lipinski definition) is 0. The quantitative estimate of drug-likeness (QED) is 0.377. The fourth-order valence-electron chi connectivity index (χ4n) is 2.02. The van der Waals surface area contributed by atoms with Crippen LogP contribution in [0, 0.1) is 5.92 Å². The van der Waals surface area contributed by atoms with Crippen molar-refractivity contribution in [1.82, 2.24) is 0 Å². The summed E-state index contributed by atoms with van der Waals surface area (Å²) in [6.45, 7) is 6.14. The van der Waals surface area contributed by atoms with Gasteiger partial charge in [-0.25, -0.2) is 0 Å². The summed E-state index contributed by atoms with van der Waals surface area (Å²) in [6, 6.07) is 0. The molecule has 0 N–H and O–H groups in total. The van der Waals surface area contributed by atoms with Crippen LogP contribution in [-0.4, -0.2) is 4.83 Å². The largest absolute Gasteiger partial charge is 0.100 e. The third-order valence-electron chi connectivity index (χ3n) is 2.68. The lowest BCUT2D eigenvalue weighted by Gasteiger charge is -2.19. The molecule has 12 heavy (non-hydrogen) atoms. The predicted molar refractivity (Wildman–Crippen MR) is 58.7 cm³/mol. The normalized spacial score (nSPS) is 31.2. The molecule has 0 saturated heterocycles. The molecule has 0 aromatic carbocycles. The average molecular weight is 231 g/mol. The summed E-state index contributed by atoms with van der Waals surface area (Å²) in [4.78, 5) is 0.747. The molecule has 2 unspecified atom stereocenters. The van der Waals surface area contributed by atoms with Gasteiger partial charge >= 0.3 is 0 Å². The molecule has 0 bridgehead atoms. The SMILES string of the molecule is C=C(C)CC1CCCCCC1Br. The number of hydrogen-bond acceptors (Lipinski definition) is 0. The fraction of sp³-hybridized carbons (Fsp3) is 0.818. The molecule has 1 fully saturated rings. The van der Waals surface area contributed by atoms with E-state index in [0.29, 0.717) is 0 Å². The van der Waals surface area contributed by atoms with Gasteiger partial charge in [0.05, 0.1) is 0 Å². The lowest BCUT2D eigenvalue weighted by molar-refractivity contribution is 0.474. The molecule has 0 spiro atoms. The number of allylic oxidation sites excluding steroid dienone is 1. The highest BCUT2D eigenvalue weighted by Gasteiger charge is 2.20. The first kappa shape index (κ1) is 10.3. The van der Waals surface area contributed by atoms with Crippen molar-refractivity contribution in [2.75, 3.05) is 0 Å². The molecular weight excluding hydrogens is 212 g/mol. The van der Waals surface area contributed by atoms with Crippen molar-refractivity contribution < 1.29 is 0 Å². The van der Waals surface area contributed by atoms with Crippen molar-refractivity contribution in [3.8, 4) is 0 Å². The van der Waals surface area contributed by atoms with Crippen LogP contribution in [0.4, 0.5) is 0 Å². The standard InChI is InChI=1S/C11H19Br/c1-9(2)8-10-6-4-3-5-7-11(10)12/h10-11H,1,3-8H2,2H3. The Hall–Kier alpha value is 0.220. The maximum absolute atomic E-state index is 3.99. The zero-order valence-corrected chi connectivity index (χ0v) is 9.57. The molecule has 2 atom stereocenters. The molecule has 1 heteroatoms. The van der Waals surface area contributed by atoms with Crippen LogP contribution in [0.5, 0.6) is 0 Å². The Labute approximate surface area is 84.6 Å². The van der Waals surface area contributed by atoms with Crippen LogP contribution < -0.4 is 0 Å². The molecule has 0 nitrogen and oxygen atoms in total. The third-order valence-corrected chi connectivity index (χ3v) is 3.88. The van der Waals surface area contributed by atoms with E-state index >= 15 is 0 Å². The molecule has 70 valence electrons. The fourth-order valence-corrected chi connectivity index (χ4v) is 2.79. The van der Waals surface area contributed by atoms with Gasteiger partial charge in [-0.15, -0.1) is 6.58 Å². The van der Waals surface area contributed by atoms with Gasteiger partial charge in [0, 0.05) is 4.83 Å². The highest BCUT2D eigenvalue weighted by atomic mass is 79.9. The summed E-state index contributed by atoms with van der Waals surface area (Å²) in [5.41, 5.74) is 1.34. The van der Waals surface area contributed by atoms with Crippen LogP contribution >= 0.6 is 15.9 Å². The molecular formula is C11H19Br. The van der Waals surface area contributed by atoms with Crippen molar-refractivity contribution in [2.45, 2.75) is 50.3 Å². The number of halogens is 1. The molecule has 1 aliphatic carbocycles. The first-order valence-corrected chi connectivity index (χ1v) is 5.90. The summed E-state index contributed by atoms with van der Waals surface area (Å²) in [7, 11) is 0. The average Bonchev–Trinajstić information content (AvgIpc) is 2.16. The van der Waals surface area contributed by atoms with Crippen molar-refractivity contribution in [1.29, 1.82) is 0 Å². The van der Waals surface area contributed by atoms with E-state index in [1.165, 1.54) is 44.1 Å². The molecule has 0 aromatic heterocycles. The first-order chi connectivity index (χ1) is 5.70. The highest BCUT2D eigenvalue weighted by molar-refractivity contribution is 9.09. The summed E-state index contributed by atoms with van der Waals surface area (Å²) in [5.74, 6) is 0.852. The van der Waals surface area contributed by atoms with Crippen LogP contribution in [0.1, 0.15) is 45.4 Å². The van der Waals surface area contributed by atoms with E-state index in [0.717, 1.165) is 10.7 Å². The summed E-state index contributed by atoms with van der Waals surface area (Å²) >= 11 is 3.79. The minimum atomic E-state index is 0.747. The van der Waals surface area contributed by atoms with Crippen molar-refractivity contribution >= 4 is 15.9 Å². The van der Waals surface area contributed by atoms with Crippen LogP contribution in [-0.2, 0) is 0 Å². The predicted octanol–water partition coefficient (Wildman–Crippen LogP) is 4.30. The van der Waals surface area contributed by atoms with Gasteiger partial charge in [0.2, 0.25) is 0 Å². The lowest BCUT2D eigenvalue weighted by atomic mass is 9.93. The van der Waals surface area contributed by atoms with E-state index < -0.39 is 0 Å². The van der Waals surface area contributed by atoms with Crippen molar-refractivity contribution in [3.63, 3.8) is 0 Å². The van der Waals surface area contributed by atoms with Gasteiger partial charge in [-0.2, -0.15) is 0 Å². The second-order valence-electron chi connectivity index (χ2n) is 4.08. The molecule has 1 aliphatic rings. The Balaban J connectivity index is 2.41. The molecule has 0 heterocycles. The third kappa shape index (κ3) is 3.30. The topological polar surface area (TPSA) is 0 Å². The first-order valence-electron chi connectivity index (χ1n) is 4.98. The monoisotopic (exact) mass is 230 g/mol. The van der Waals surface area contributed by atoms with Crippen LogP contribution in [0.3, 0.4) is 0 Å². The molecule has 1 rings (SSSR count). The van der Waals surface area contributed by atoms with Crippen LogP contribution in [0.25, 0.3) is 0 Å². The number of rotatable bonds is 2. The maximum atomic E-state index is 3.99. The van der Waals surface area contributed by atoms with E-state index in [4.69, 9.17) is 0 Å². The lowest BCUT2D eigenvalue weighted by Crippen LogP contribution is -2.12. The van der Waals surface area contributed by atoms with E-state index in [9.17, 15) is 0 Å². The van der Waals surface area contributed by atoms with Crippen molar-refractivity contribution in [3.05, 3.63) is 12.2 Å². The van der Waals surface area contributed by atoms with Crippen LogP contribution in [0.15, 0.2) is 12.2 Å². The zero-order chi connectivity index (χ0) is 8.97. The molecule has 0 amide bonds. The highest BCUT2D eigenvalue weighted by Crippen LogP contribution is 2.32. The Bertz CT molecular complexity index is 151. The Morgan fingerprint density at radius 3 is 2.67 bits per heavy atom. The molecule has 0 radical (unpaired) electrons. The summed E-state index contributed by atoms with van der Waals surface area (Å²) < 4.78 is 0. The van der Waals surface area contributed by atoms with E-state index in [1.54, 1.807) is 0 Å². The Morgan fingerprint density at radius 2 is 2.00 bits per heavy atom. The summed E-state index contributed by atoms with van der Waals surface area (Å²) in [5, 5.41) is 0. The van der Waals surface area contributed by atoms with Gasteiger partial charge in [-0.05, 0) is 32.1 Å². The molecule has 0 aliphatic heterocycles. The minimum absolute atomic E-state index is 0.747. The number of alkyl halides is 1. The van der Waals surface area contributed by atoms with Gasteiger partial charge in [0.25, 0.3) is 0 Å². The maximum Gasteiger partial charge on any atom is 0.0177 e. The van der Waals surface area contributed by atoms with E-state index in [1.807, 2.05) is 0 Å². The van der Waals surface area contributed by atoms with Gasteiger partial charge in [0.15, 0.2) is 0 Å². The minimum Gasteiger partial charge on any atom is -0.100 e. The van der Waals surface area contributed by atoms with Crippen LogP contribution in [0.2, 0.25) is 0 Å². The smallest absolute Gasteiger partial charge is 0.0177 e. The van der Waals surface area contributed by atoms with Crippen molar-refractivity contribution in [2.24, 2.45) is 5.92 Å². The Kier molecular flexibility index (Phi) is 4.34. The van der Waals surface area contributed by atoms with Gasteiger partial charge < -0.3 is 0 Å². The second-order valence-corrected chi connectivity index (χ2v) is 5.25. The van der Waals surface area contributed by atoms with Gasteiger partial charge in [-0.1, -0.05) is 40.8 Å². The molecule has 1 saturated carbocycles. The van der Waals surface area contributed by atoms with E-state index in [-0.39, 0.29) is 0 Å². The van der Waals surface area contributed by atoms with Gasteiger partial charge in [0.1, 0.15) is 0 Å². The summed E-state index contributed by atoms with van der Waals surface area (Å²) in [6.07, 6.45) is 8.22. The van der Waals surface area contributed by atoms with Gasteiger partial charge in [-0.3, -0.25) is 0 Å². The molecule has 0 aromatic rings. The van der Waals surface area contributed by atoms with E-state index in [2.05, 4.69) is 29.4 Å². The second kappa shape index (κ2) is 5.06. The Morgan fingerprint density at radius 1 is 1.33 bits per heavy atom. The zero-order valence-electron chi connectivity index (χ0n) is 7.98.